The normalized spacial score (nSPS) is 18.9. The molecule has 3 heterocycles. The molecule has 130 valence electrons. The van der Waals surface area contributed by atoms with Gasteiger partial charge in [0.1, 0.15) is 0 Å². The van der Waals surface area contributed by atoms with Crippen LogP contribution in [0.25, 0.3) is 0 Å². The van der Waals surface area contributed by atoms with Crippen LogP contribution < -0.4 is 5.32 Å². The van der Waals surface area contributed by atoms with Gasteiger partial charge >= 0.3 is 0 Å². The second-order valence-electron chi connectivity index (χ2n) is 7.37. The molecule has 3 rings (SSSR count). The molecule has 1 N–H and O–H groups in total. The maximum atomic E-state index is 12.3. The molecule has 0 aliphatic carbocycles. The first-order valence-corrected chi connectivity index (χ1v) is 8.40. The first kappa shape index (κ1) is 16.7. The van der Waals surface area contributed by atoms with Crippen LogP contribution in [0.5, 0.6) is 0 Å². The zero-order chi connectivity index (χ0) is 17.2. The van der Waals surface area contributed by atoms with Gasteiger partial charge in [0, 0.05) is 29.9 Å². The van der Waals surface area contributed by atoms with Crippen LogP contribution >= 0.6 is 0 Å². The highest BCUT2D eigenvalue weighted by Crippen LogP contribution is 2.24. The fourth-order valence-electron chi connectivity index (χ4n) is 2.98. The van der Waals surface area contributed by atoms with E-state index in [1.54, 1.807) is 12.3 Å². The average Bonchev–Trinajstić information content (AvgIpc) is 3.21. The maximum Gasteiger partial charge on any atom is 0.240 e. The molecule has 1 fully saturated rings. The number of nitrogens with one attached hydrogen (secondary N) is 1. The van der Waals surface area contributed by atoms with Gasteiger partial charge in [-0.3, -0.25) is 19.7 Å². The number of aromatic nitrogens is 3. The van der Waals surface area contributed by atoms with Crippen molar-refractivity contribution < 1.29 is 9.32 Å². The summed E-state index contributed by atoms with van der Waals surface area (Å²) in [7, 11) is 0. The van der Waals surface area contributed by atoms with E-state index in [1.807, 2.05) is 16.9 Å². The molecule has 0 saturated carbocycles. The first-order valence-electron chi connectivity index (χ1n) is 8.40. The van der Waals surface area contributed by atoms with Gasteiger partial charge in [0.25, 0.3) is 0 Å². The van der Waals surface area contributed by atoms with Crippen LogP contribution in [0.1, 0.15) is 39.3 Å². The van der Waals surface area contributed by atoms with E-state index >= 15 is 0 Å². The summed E-state index contributed by atoms with van der Waals surface area (Å²) in [6, 6.07) is 4.06. The predicted octanol–water partition coefficient (Wildman–Crippen LogP) is 2.27. The van der Waals surface area contributed by atoms with Crippen LogP contribution in [0.4, 0.5) is 5.88 Å². The Kier molecular flexibility index (Phi) is 4.71. The van der Waals surface area contributed by atoms with Crippen LogP contribution in [0, 0.1) is 0 Å². The van der Waals surface area contributed by atoms with Crippen molar-refractivity contribution in [2.24, 2.45) is 0 Å². The zero-order valence-electron chi connectivity index (χ0n) is 14.5. The first-order chi connectivity index (χ1) is 11.4. The molecule has 0 bridgehead atoms. The number of rotatable bonds is 5. The zero-order valence-corrected chi connectivity index (χ0v) is 14.5. The number of anilines is 1. The summed E-state index contributed by atoms with van der Waals surface area (Å²) in [4.78, 5) is 14.5. The number of carbonyl (C=O) groups excluding carboxylic acids is 1. The lowest BCUT2D eigenvalue weighted by molar-refractivity contribution is -0.117. The molecular formula is C17H25N5O2. The van der Waals surface area contributed by atoms with Crippen LogP contribution in [-0.2, 0) is 16.8 Å². The van der Waals surface area contributed by atoms with Crippen molar-refractivity contribution in [3.63, 3.8) is 0 Å². The molecule has 2 aromatic heterocycles. The standard InChI is InChI=1S/C17H25N5O2/c1-17(2,3)14-10-16(24-20-14)19-15(23)12-21-8-4-6-13(21)11-22-9-5-7-18-22/h5,7,9-10,13H,4,6,8,11-12H2,1-3H3,(H,19,23)/t13-/m0/s1. The molecule has 2 aromatic rings. The van der Waals surface area contributed by atoms with E-state index in [0.29, 0.717) is 18.5 Å². The smallest absolute Gasteiger partial charge is 0.240 e. The Labute approximate surface area is 142 Å². The third-order valence-electron chi connectivity index (χ3n) is 4.34. The monoisotopic (exact) mass is 331 g/mol. The maximum absolute atomic E-state index is 12.3. The van der Waals surface area contributed by atoms with Crippen molar-refractivity contribution >= 4 is 11.8 Å². The number of nitrogens with zero attached hydrogens (tertiary/aromatic N) is 4. The Balaban J connectivity index is 1.55. The van der Waals surface area contributed by atoms with Crippen molar-refractivity contribution in [1.82, 2.24) is 19.8 Å². The van der Waals surface area contributed by atoms with Gasteiger partial charge in [-0.15, -0.1) is 0 Å². The van der Waals surface area contributed by atoms with Crippen molar-refractivity contribution in [2.45, 2.75) is 51.6 Å². The summed E-state index contributed by atoms with van der Waals surface area (Å²) in [6.45, 7) is 8.28. The van der Waals surface area contributed by atoms with Gasteiger partial charge in [-0.1, -0.05) is 25.9 Å². The number of hydrogen-bond donors (Lipinski definition) is 1. The second-order valence-corrected chi connectivity index (χ2v) is 7.37. The molecule has 7 heteroatoms. The fraction of sp³-hybridized carbons (Fsp3) is 0.588. The minimum Gasteiger partial charge on any atom is -0.338 e. The van der Waals surface area contributed by atoms with E-state index in [1.165, 1.54) is 0 Å². The molecule has 0 spiro atoms. The predicted molar refractivity (Wildman–Crippen MR) is 90.7 cm³/mol. The molecule has 1 aliphatic rings. The molecule has 1 saturated heterocycles. The van der Waals surface area contributed by atoms with Gasteiger partial charge in [0.2, 0.25) is 11.8 Å². The van der Waals surface area contributed by atoms with Crippen LogP contribution in [0.3, 0.4) is 0 Å². The molecule has 24 heavy (non-hydrogen) atoms. The Hall–Kier alpha value is -2.15. The SMILES string of the molecule is CC(C)(C)c1cc(NC(=O)CN2CCC[C@H]2Cn2cccn2)on1. The number of amides is 1. The third-order valence-corrected chi connectivity index (χ3v) is 4.34. The molecule has 0 aromatic carbocycles. The van der Waals surface area contributed by atoms with Gasteiger partial charge in [-0.05, 0) is 25.5 Å². The van der Waals surface area contributed by atoms with Gasteiger partial charge in [0.15, 0.2) is 0 Å². The molecule has 0 unspecified atom stereocenters. The van der Waals surface area contributed by atoms with E-state index < -0.39 is 0 Å². The van der Waals surface area contributed by atoms with Crippen molar-refractivity contribution in [2.75, 3.05) is 18.4 Å². The summed E-state index contributed by atoms with van der Waals surface area (Å²) in [5.74, 6) is 0.340. The Morgan fingerprint density at radius 3 is 2.96 bits per heavy atom. The topological polar surface area (TPSA) is 76.2 Å². The summed E-state index contributed by atoms with van der Waals surface area (Å²) in [5.41, 5.74) is 0.728. The molecule has 1 aliphatic heterocycles. The lowest BCUT2D eigenvalue weighted by Gasteiger charge is -2.23. The molecule has 0 radical (unpaired) electrons. The van der Waals surface area contributed by atoms with Crippen molar-refractivity contribution in [3.05, 3.63) is 30.2 Å². The van der Waals surface area contributed by atoms with Crippen LogP contribution in [-0.4, -0.2) is 44.9 Å². The number of carbonyl (C=O) groups is 1. The van der Waals surface area contributed by atoms with Gasteiger partial charge in [-0.25, -0.2) is 0 Å². The molecule has 1 amide bonds. The summed E-state index contributed by atoms with van der Waals surface area (Å²) in [5, 5.41) is 11.1. The minimum absolute atomic E-state index is 0.0704. The Morgan fingerprint density at radius 1 is 1.46 bits per heavy atom. The summed E-state index contributed by atoms with van der Waals surface area (Å²) in [6.07, 6.45) is 5.93. The quantitative estimate of drug-likeness (QED) is 0.909. The minimum atomic E-state index is -0.101. The molecule has 7 nitrogen and oxygen atoms in total. The highest BCUT2D eigenvalue weighted by Gasteiger charge is 2.27. The van der Waals surface area contributed by atoms with Crippen LogP contribution in [0.15, 0.2) is 29.0 Å². The van der Waals surface area contributed by atoms with Gasteiger partial charge < -0.3 is 4.52 Å². The summed E-state index contributed by atoms with van der Waals surface area (Å²) >= 11 is 0. The van der Waals surface area contributed by atoms with Gasteiger partial charge in [-0.2, -0.15) is 5.10 Å². The number of likely N-dealkylation sites (tertiary alicyclic amines) is 1. The van der Waals surface area contributed by atoms with E-state index in [9.17, 15) is 4.79 Å². The Bertz CT molecular complexity index is 671. The fourth-order valence-corrected chi connectivity index (χ4v) is 2.98. The van der Waals surface area contributed by atoms with Gasteiger partial charge in [0.05, 0.1) is 18.8 Å². The van der Waals surface area contributed by atoms with E-state index in [4.69, 9.17) is 4.52 Å². The van der Waals surface area contributed by atoms with Crippen molar-refractivity contribution in [1.29, 1.82) is 0 Å². The lowest BCUT2D eigenvalue weighted by Crippen LogP contribution is -2.39. The molecular weight excluding hydrogens is 306 g/mol. The highest BCUT2D eigenvalue weighted by atomic mass is 16.5. The largest absolute Gasteiger partial charge is 0.338 e. The van der Waals surface area contributed by atoms with E-state index in [2.05, 4.69) is 41.2 Å². The van der Waals surface area contributed by atoms with Crippen molar-refractivity contribution in [3.8, 4) is 0 Å². The van der Waals surface area contributed by atoms with E-state index in [-0.39, 0.29) is 11.3 Å². The molecule has 1 atom stereocenters. The van der Waals surface area contributed by atoms with Crippen LogP contribution in [0.2, 0.25) is 0 Å². The number of hydrogen-bond acceptors (Lipinski definition) is 5. The third kappa shape index (κ3) is 4.03. The Morgan fingerprint density at radius 2 is 2.29 bits per heavy atom. The van der Waals surface area contributed by atoms with E-state index in [0.717, 1.165) is 31.6 Å². The summed E-state index contributed by atoms with van der Waals surface area (Å²) < 4.78 is 7.15. The lowest BCUT2D eigenvalue weighted by atomic mass is 9.92. The average molecular weight is 331 g/mol. The highest BCUT2D eigenvalue weighted by molar-refractivity contribution is 5.91. The second kappa shape index (κ2) is 6.76.